The summed E-state index contributed by atoms with van der Waals surface area (Å²) in [5.74, 6) is 1.18. The van der Waals surface area contributed by atoms with Crippen LogP contribution in [0.2, 0.25) is 0 Å². The molecule has 0 saturated carbocycles. The van der Waals surface area contributed by atoms with E-state index >= 15 is 0 Å². The molecule has 0 aliphatic heterocycles. The molecule has 1 aromatic carbocycles. The lowest BCUT2D eigenvalue weighted by molar-refractivity contribution is 0.456. The number of aromatic nitrogens is 1. The summed E-state index contributed by atoms with van der Waals surface area (Å²) in [4.78, 5) is 4.17. The van der Waals surface area contributed by atoms with Crippen LogP contribution < -0.4 is 10.5 Å². The van der Waals surface area contributed by atoms with Gasteiger partial charge in [-0.2, -0.15) is 0 Å². The summed E-state index contributed by atoms with van der Waals surface area (Å²) in [6.45, 7) is 1.91. The van der Waals surface area contributed by atoms with E-state index in [1.165, 1.54) is 0 Å². The smallest absolute Gasteiger partial charge is 0.234 e. The van der Waals surface area contributed by atoms with Crippen LogP contribution in [0, 0.1) is 6.92 Å². The zero-order chi connectivity index (χ0) is 13.3. The number of anilines is 1. The molecule has 0 unspecified atom stereocenters. The third-order valence-corrected chi connectivity index (χ3v) is 4.42. The van der Waals surface area contributed by atoms with Crippen molar-refractivity contribution in [1.82, 2.24) is 4.98 Å². The van der Waals surface area contributed by atoms with Crippen LogP contribution in [0.25, 0.3) is 0 Å². The molecule has 2 aromatic rings. The first-order chi connectivity index (χ1) is 8.49. The maximum atomic E-state index is 5.77. The van der Waals surface area contributed by atoms with Crippen molar-refractivity contribution in [2.45, 2.75) is 6.92 Å². The second-order valence-corrected chi connectivity index (χ2v) is 6.20. The Labute approximate surface area is 130 Å². The molecular formula is C12H9Br3N2O. The molecule has 0 saturated heterocycles. The fourth-order valence-electron chi connectivity index (χ4n) is 1.30. The van der Waals surface area contributed by atoms with Crippen LogP contribution in [0.1, 0.15) is 5.56 Å². The molecule has 2 rings (SSSR count). The number of hydrogen-bond donors (Lipinski definition) is 1. The molecule has 0 atom stereocenters. The topological polar surface area (TPSA) is 48.1 Å². The summed E-state index contributed by atoms with van der Waals surface area (Å²) in [5, 5.41) is 0. The largest absolute Gasteiger partial charge is 0.437 e. The summed E-state index contributed by atoms with van der Waals surface area (Å²) >= 11 is 10.3. The molecule has 0 fully saturated rings. The highest BCUT2D eigenvalue weighted by atomic mass is 79.9. The van der Waals surface area contributed by atoms with Gasteiger partial charge in [0.15, 0.2) is 0 Å². The number of hydrogen-bond acceptors (Lipinski definition) is 3. The Balaban J connectivity index is 2.37. The van der Waals surface area contributed by atoms with Gasteiger partial charge in [0.1, 0.15) is 5.75 Å². The van der Waals surface area contributed by atoms with Gasteiger partial charge in [-0.05, 0) is 62.5 Å². The van der Waals surface area contributed by atoms with Crippen LogP contribution in [0.4, 0.5) is 5.69 Å². The molecular weight excluding hydrogens is 428 g/mol. The molecule has 0 amide bonds. The number of nitrogens with two attached hydrogens (primary N) is 1. The first-order valence-electron chi connectivity index (χ1n) is 5.02. The quantitative estimate of drug-likeness (QED) is 0.716. The van der Waals surface area contributed by atoms with Crippen LogP contribution in [0.5, 0.6) is 11.6 Å². The molecule has 0 aliphatic rings. The number of halogens is 3. The van der Waals surface area contributed by atoms with E-state index in [-0.39, 0.29) is 0 Å². The van der Waals surface area contributed by atoms with Gasteiger partial charge in [0.25, 0.3) is 0 Å². The Bertz CT molecular complexity index is 602. The maximum absolute atomic E-state index is 5.77. The average molecular weight is 437 g/mol. The van der Waals surface area contributed by atoms with Gasteiger partial charge < -0.3 is 10.5 Å². The highest BCUT2D eigenvalue weighted by Gasteiger charge is 2.11. The number of benzene rings is 1. The van der Waals surface area contributed by atoms with E-state index in [0.717, 1.165) is 19.0 Å². The number of nitrogen functional groups attached to an aromatic ring is 1. The molecule has 2 N–H and O–H groups in total. The number of pyridine rings is 1. The lowest BCUT2D eigenvalue weighted by Gasteiger charge is -2.11. The molecule has 0 aliphatic carbocycles. The van der Waals surface area contributed by atoms with Crippen LogP contribution in [0.3, 0.4) is 0 Å². The maximum Gasteiger partial charge on any atom is 0.234 e. The Morgan fingerprint density at radius 2 is 1.94 bits per heavy atom. The van der Waals surface area contributed by atoms with Crippen molar-refractivity contribution >= 4 is 53.5 Å². The summed E-state index contributed by atoms with van der Waals surface area (Å²) in [7, 11) is 0. The van der Waals surface area contributed by atoms with Crippen molar-refractivity contribution < 1.29 is 4.74 Å². The van der Waals surface area contributed by atoms with E-state index < -0.39 is 0 Å². The summed E-state index contributed by atoms with van der Waals surface area (Å²) < 4.78 is 8.33. The van der Waals surface area contributed by atoms with Crippen molar-refractivity contribution in [3.05, 3.63) is 43.4 Å². The van der Waals surface area contributed by atoms with Crippen molar-refractivity contribution in [2.24, 2.45) is 0 Å². The summed E-state index contributed by atoms with van der Waals surface area (Å²) in [6, 6.07) is 5.67. The Kier molecular flexibility index (Phi) is 4.29. The van der Waals surface area contributed by atoms with Crippen LogP contribution in [-0.4, -0.2) is 4.98 Å². The SMILES string of the molecule is Cc1c(N)cnc(Oc2ccc(Br)cc2Br)c1Br. The van der Waals surface area contributed by atoms with Gasteiger partial charge in [-0.1, -0.05) is 15.9 Å². The van der Waals surface area contributed by atoms with Gasteiger partial charge in [0, 0.05) is 4.47 Å². The molecule has 0 bridgehead atoms. The Morgan fingerprint density at radius 1 is 1.22 bits per heavy atom. The van der Waals surface area contributed by atoms with Crippen molar-refractivity contribution in [1.29, 1.82) is 0 Å². The third-order valence-electron chi connectivity index (χ3n) is 2.37. The molecule has 94 valence electrons. The van der Waals surface area contributed by atoms with Gasteiger partial charge in [-0.3, -0.25) is 0 Å². The first-order valence-corrected chi connectivity index (χ1v) is 7.40. The van der Waals surface area contributed by atoms with Gasteiger partial charge in [-0.15, -0.1) is 0 Å². The summed E-state index contributed by atoms with van der Waals surface area (Å²) in [5.41, 5.74) is 7.31. The van der Waals surface area contributed by atoms with E-state index in [9.17, 15) is 0 Å². The zero-order valence-electron chi connectivity index (χ0n) is 9.38. The predicted octanol–water partition coefficient (Wildman–Crippen LogP) is 5.05. The van der Waals surface area contributed by atoms with Crippen LogP contribution >= 0.6 is 47.8 Å². The minimum Gasteiger partial charge on any atom is -0.437 e. The predicted molar refractivity (Wildman–Crippen MR) is 83.0 cm³/mol. The van der Waals surface area contributed by atoms with Gasteiger partial charge >= 0.3 is 0 Å². The molecule has 0 radical (unpaired) electrons. The van der Waals surface area contributed by atoms with Crippen molar-refractivity contribution in [2.75, 3.05) is 5.73 Å². The minimum absolute atomic E-state index is 0.490. The van der Waals surface area contributed by atoms with Crippen LogP contribution in [-0.2, 0) is 0 Å². The van der Waals surface area contributed by atoms with E-state index in [1.54, 1.807) is 6.20 Å². The van der Waals surface area contributed by atoms with Gasteiger partial charge in [0.05, 0.1) is 20.8 Å². The highest BCUT2D eigenvalue weighted by Crippen LogP contribution is 2.36. The van der Waals surface area contributed by atoms with Crippen molar-refractivity contribution in [3.8, 4) is 11.6 Å². The zero-order valence-corrected chi connectivity index (χ0v) is 14.1. The standard InChI is InChI=1S/C12H9Br3N2O/c1-6-9(16)5-17-12(11(6)15)18-10-3-2-7(13)4-8(10)14/h2-5H,16H2,1H3. The van der Waals surface area contributed by atoms with Gasteiger partial charge in [0.2, 0.25) is 5.88 Å². The van der Waals surface area contributed by atoms with E-state index in [2.05, 4.69) is 52.8 Å². The molecule has 0 spiro atoms. The van der Waals surface area contributed by atoms with Crippen LogP contribution in [0.15, 0.2) is 37.8 Å². The minimum atomic E-state index is 0.490. The fourth-order valence-corrected chi connectivity index (χ4v) is 2.84. The highest BCUT2D eigenvalue weighted by molar-refractivity contribution is 9.11. The Hall–Kier alpha value is -0.590. The number of nitrogens with zero attached hydrogens (tertiary/aromatic N) is 1. The molecule has 6 heteroatoms. The molecule has 1 aromatic heterocycles. The normalized spacial score (nSPS) is 10.4. The second-order valence-electron chi connectivity index (χ2n) is 3.63. The molecule has 18 heavy (non-hydrogen) atoms. The van der Waals surface area contributed by atoms with E-state index in [1.807, 2.05) is 25.1 Å². The molecule has 3 nitrogen and oxygen atoms in total. The summed E-state index contributed by atoms with van der Waals surface area (Å²) in [6.07, 6.45) is 1.59. The van der Waals surface area contributed by atoms with E-state index in [4.69, 9.17) is 10.5 Å². The van der Waals surface area contributed by atoms with E-state index in [0.29, 0.717) is 17.3 Å². The first kappa shape index (κ1) is 13.8. The van der Waals surface area contributed by atoms with Gasteiger partial charge in [-0.25, -0.2) is 4.98 Å². The Morgan fingerprint density at radius 3 is 2.61 bits per heavy atom. The monoisotopic (exact) mass is 434 g/mol. The third kappa shape index (κ3) is 2.87. The lowest BCUT2D eigenvalue weighted by atomic mass is 10.2. The fraction of sp³-hybridized carbons (Fsp3) is 0.0833. The molecule has 1 heterocycles. The van der Waals surface area contributed by atoms with Crippen molar-refractivity contribution in [3.63, 3.8) is 0 Å². The number of rotatable bonds is 2. The number of ether oxygens (including phenoxy) is 1. The lowest BCUT2D eigenvalue weighted by Crippen LogP contribution is -1.96. The second kappa shape index (κ2) is 5.59. The average Bonchev–Trinajstić information content (AvgIpc) is 2.33.